The van der Waals surface area contributed by atoms with Crippen LogP contribution in [0.25, 0.3) is 0 Å². The van der Waals surface area contributed by atoms with Crippen LogP contribution in [-0.2, 0) is 9.59 Å². The van der Waals surface area contributed by atoms with E-state index in [1.807, 2.05) is 6.92 Å². The van der Waals surface area contributed by atoms with Gasteiger partial charge in [0.25, 0.3) is 0 Å². The fraction of sp³-hybridized carbons (Fsp3) is 0.615. The number of nitrogens with zero attached hydrogens (tertiary/aromatic N) is 2. The molecule has 2 amide bonds. The van der Waals surface area contributed by atoms with E-state index < -0.39 is 6.04 Å². The Morgan fingerprint density at radius 2 is 2.30 bits per heavy atom. The van der Waals surface area contributed by atoms with Crippen LogP contribution in [0.2, 0.25) is 0 Å². The van der Waals surface area contributed by atoms with Crippen LogP contribution in [0.15, 0.2) is 4.52 Å². The summed E-state index contributed by atoms with van der Waals surface area (Å²) in [6, 6.07) is -0.409. The van der Waals surface area contributed by atoms with E-state index in [2.05, 4.69) is 10.5 Å². The number of carbonyl (C=O) groups excluding carboxylic acids is 2. The van der Waals surface area contributed by atoms with Crippen LogP contribution in [-0.4, -0.2) is 38.5 Å². The molecule has 0 aromatic carbocycles. The van der Waals surface area contributed by atoms with Crippen molar-refractivity contribution in [2.24, 2.45) is 0 Å². The molecule has 6 nitrogen and oxygen atoms in total. The van der Waals surface area contributed by atoms with Crippen molar-refractivity contribution in [1.29, 1.82) is 0 Å². The highest BCUT2D eigenvalue weighted by atomic mass is 32.2. The van der Waals surface area contributed by atoms with Gasteiger partial charge < -0.3 is 14.7 Å². The van der Waals surface area contributed by atoms with Crippen LogP contribution in [0.4, 0.5) is 5.69 Å². The highest BCUT2D eigenvalue weighted by Gasteiger charge is 2.52. The number of aromatic nitrogens is 1. The maximum absolute atomic E-state index is 12.5. The van der Waals surface area contributed by atoms with Gasteiger partial charge in [-0.2, -0.15) is 0 Å². The zero-order valence-corrected chi connectivity index (χ0v) is 12.5. The summed E-state index contributed by atoms with van der Waals surface area (Å²) in [4.78, 5) is 26.0. The van der Waals surface area contributed by atoms with Crippen molar-refractivity contribution < 1.29 is 14.1 Å². The molecular formula is C13H17N3O3S. The standard InChI is InChI=1S/C13H17N3O3S/c1-7-11(8(2)19-15-7)14-12(18)9-6-20-13(3)5-4-10(17)16(9)13/h9H,4-6H2,1-3H3,(H,14,18). The third kappa shape index (κ3) is 1.91. The minimum atomic E-state index is -0.409. The molecule has 3 rings (SSSR count). The summed E-state index contributed by atoms with van der Waals surface area (Å²) in [5, 5.41) is 6.66. The predicted octanol–water partition coefficient (Wildman–Crippen LogP) is 1.68. The van der Waals surface area contributed by atoms with Gasteiger partial charge in [0, 0.05) is 12.2 Å². The lowest BCUT2D eigenvalue weighted by Gasteiger charge is -2.29. The highest BCUT2D eigenvalue weighted by molar-refractivity contribution is 8.01. The molecule has 2 aliphatic rings. The number of hydrogen-bond donors (Lipinski definition) is 1. The second-order valence-corrected chi connectivity index (χ2v) is 6.96. The topological polar surface area (TPSA) is 75.4 Å². The van der Waals surface area contributed by atoms with Gasteiger partial charge in [-0.25, -0.2) is 0 Å². The van der Waals surface area contributed by atoms with Crippen LogP contribution < -0.4 is 5.32 Å². The van der Waals surface area contributed by atoms with E-state index in [0.717, 1.165) is 6.42 Å². The van der Waals surface area contributed by atoms with Crippen LogP contribution in [0.5, 0.6) is 0 Å². The number of thioether (sulfide) groups is 1. The van der Waals surface area contributed by atoms with Gasteiger partial charge in [-0.3, -0.25) is 9.59 Å². The Kier molecular flexibility index (Phi) is 3.04. The van der Waals surface area contributed by atoms with Gasteiger partial charge in [-0.1, -0.05) is 5.16 Å². The number of fused-ring (bicyclic) bond motifs is 1. The van der Waals surface area contributed by atoms with E-state index in [4.69, 9.17) is 4.52 Å². The van der Waals surface area contributed by atoms with Crippen molar-refractivity contribution in [1.82, 2.24) is 10.1 Å². The second kappa shape index (κ2) is 4.51. The van der Waals surface area contributed by atoms with Crippen molar-refractivity contribution in [3.8, 4) is 0 Å². The number of carbonyl (C=O) groups is 2. The largest absolute Gasteiger partial charge is 0.359 e. The van der Waals surface area contributed by atoms with E-state index in [1.54, 1.807) is 30.5 Å². The Balaban J connectivity index is 1.80. The minimum Gasteiger partial charge on any atom is -0.359 e. The average molecular weight is 295 g/mol. The first-order chi connectivity index (χ1) is 9.42. The minimum absolute atomic E-state index is 0.0661. The molecule has 0 bridgehead atoms. The first-order valence-corrected chi connectivity index (χ1v) is 7.61. The quantitative estimate of drug-likeness (QED) is 0.898. The Hall–Kier alpha value is -1.50. The second-order valence-electron chi connectivity index (χ2n) is 5.45. The van der Waals surface area contributed by atoms with Crippen LogP contribution in [0, 0.1) is 13.8 Å². The summed E-state index contributed by atoms with van der Waals surface area (Å²) in [5.41, 5.74) is 1.26. The van der Waals surface area contributed by atoms with Crippen molar-refractivity contribution in [2.75, 3.05) is 11.1 Å². The third-order valence-electron chi connectivity index (χ3n) is 4.03. The van der Waals surface area contributed by atoms with Crippen LogP contribution in [0.1, 0.15) is 31.2 Å². The molecular weight excluding hydrogens is 278 g/mol. The fourth-order valence-electron chi connectivity index (χ4n) is 2.88. The van der Waals surface area contributed by atoms with Gasteiger partial charge in [0.1, 0.15) is 17.4 Å². The lowest BCUT2D eigenvalue weighted by Crippen LogP contribution is -2.48. The average Bonchev–Trinajstić information content (AvgIpc) is 2.99. The molecule has 0 radical (unpaired) electrons. The van der Waals surface area contributed by atoms with E-state index in [0.29, 0.717) is 29.3 Å². The normalized spacial score (nSPS) is 28.9. The zero-order valence-electron chi connectivity index (χ0n) is 11.7. The van der Waals surface area contributed by atoms with Crippen LogP contribution >= 0.6 is 11.8 Å². The van der Waals surface area contributed by atoms with Gasteiger partial charge in [0.15, 0.2) is 5.76 Å². The monoisotopic (exact) mass is 295 g/mol. The van der Waals surface area contributed by atoms with Gasteiger partial charge in [0.05, 0.1) is 4.87 Å². The molecule has 1 N–H and O–H groups in total. The summed E-state index contributed by atoms with van der Waals surface area (Å²) < 4.78 is 5.04. The Bertz CT molecular complexity index is 566. The zero-order chi connectivity index (χ0) is 14.5. The van der Waals surface area contributed by atoms with Crippen LogP contribution in [0.3, 0.4) is 0 Å². The molecule has 2 aliphatic heterocycles. The van der Waals surface area contributed by atoms with Gasteiger partial charge >= 0.3 is 0 Å². The number of aryl methyl sites for hydroxylation is 2. The first kappa shape index (κ1) is 13.5. The molecule has 2 atom stereocenters. The number of anilines is 1. The maximum Gasteiger partial charge on any atom is 0.248 e. The molecule has 0 spiro atoms. The van der Waals surface area contributed by atoms with Crippen molar-refractivity contribution >= 4 is 29.3 Å². The molecule has 1 aromatic rings. The number of rotatable bonds is 2. The van der Waals surface area contributed by atoms with E-state index >= 15 is 0 Å². The fourth-order valence-corrected chi connectivity index (χ4v) is 4.31. The molecule has 20 heavy (non-hydrogen) atoms. The molecule has 3 heterocycles. The number of amides is 2. The molecule has 1 aromatic heterocycles. The highest BCUT2D eigenvalue weighted by Crippen LogP contribution is 2.47. The lowest BCUT2D eigenvalue weighted by atomic mass is 10.2. The maximum atomic E-state index is 12.5. The van der Waals surface area contributed by atoms with Crippen molar-refractivity contribution in [2.45, 2.75) is 44.5 Å². The van der Waals surface area contributed by atoms with Gasteiger partial charge in [-0.15, -0.1) is 11.8 Å². The molecule has 2 fully saturated rings. The first-order valence-electron chi connectivity index (χ1n) is 6.62. The van der Waals surface area contributed by atoms with E-state index in [-0.39, 0.29) is 16.7 Å². The summed E-state index contributed by atoms with van der Waals surface area (Å²) in [6.45, 7) is 5.57. The van der Waals surface area contributed by atoms with Crippen molar-refractivity contribution in [3.05, 3.63) is 11.5 Å². The Morgan fingerprint density at radius 1 is 1.55 bits per heavy atom. The molecule has 0 saturated carbocycles. The number of hydrogen-bond acceptors (Lipinski definition) is 5. The Morgan fingerprint density at radius 3 is 2.95 bits per heavy atom. The Labute approximate surface area is 121 Å². The van der Waals surface area contributed by atoms with Crippen molar-refractivity contribution in [3.63, 3.8) is 0 Å². The molecule has 2 saturated heterocycles. The third-order valence-corrected chi connectivity index (χ3v) is 5.53. The summed E-state index contributed by atoms with van der Waals surface area (Å²) >= 11 is 1.68. The summed E-state index contributed by atoms with van der Waals surface area (Å²) in [5.74, 6) is 1.12. The molecule has 2 unspecified atom stereocenters. The van der Waals surface area contributed by atoms with E-state index in [9.17, 15) is 9.59 Å². The lowest BCUT2D eigenvalue weighted by molar-refractivity contribution is -0.135. The predicted molar refractivity (Wildman–Crippen MR) is 75.3 cm³/mol. The van der Waals surface area contributed by atoms with Gasteiger partial charge in [0.2, 0.25) is 11.8 Å². The summed E-state index contributed by atoms with van der Waals surface area (Å²) in [6.07, 6.45) is 1.34. The summed E-state index contributed by atoms with van der Waals surface area (Å²) in [7, 11) is 0. The van der Waals surface area contributed by atoms with E-state index in [1.165, 1.54) is 0 Å². The molecule has 108 valence electrons. The van der Waals surface area contributed by atoms with Gasteiger partial charge in [-0.05, 0) is 27.2 Å². The SMILES string of the molecule is Cc1noc(C)c1NC(=O)C1CSC2(C)CCC(=O)N12. The molecule has 0 aliphatic carbocycles. The smallest absolute Gasteiger partial charge is 0.248 e. The number of nitrogens with one attached hydrogen (secondary N) is 1. The molecule has 7 heteroatoms.